The number of nitrogens with zero attached hydrogens (tertiary/aromatic N) is 5. The van der Waals surface area contributed by atoms with Crippen molar-refractivity contribution in [2.24, 2.45) is 5.92 Å². The Labute approximate surface area is 430 Å². The molecular weight excluding hydrogens is 979 g/mol. The number of aliphatic hydroxyl groups excluding tert-OH is 1. The fourth-order valence-electron chi connectivity index (χ4n) is 8.37. The fourth-order valence-corrected chi connectivity index (χ4v) is 8.93. The van der Waals surface area contributed by atoms with Crippen LogP contribution in [0.25, 0.3) is 6.08 Å². The first-order valence-electron chi connectivity index (χ1n) is 24.6. The van der Waals surface area contributed by atoms with Gasteiger partial charge in [-0.25, -0.2) is 13.2 Å². The highest BCUT2D eigenvalue weighted by molar-refractivity contribution is 7.90. The van der Waals surface area contributed by atoms with E-state index in [0.717, 1.165) is 70.8 Å². The van der Waals surface area contributed by atoms with Gasteiger partial charge in [0.25, 0.3) is 17.7 Å². The molecule has 3 aromatic rings. The number of benzene rings is 2. The zero-order chi connectivity index (χ0) is 53.2. The molecule has 0 spiro atoms. The first-order valence-corrected chi connectivity index (χ1v) is 26.6. The van der Waals surface area contributed by atoms with Crippen molar-refractivity contribution in [2.45, 2.75) is 83.4 Å². The third-order valence-corrected chi connectivity index (χ3v) is 13.4. The van der Waals surface area contributed by atoms with E-state index in [9.17, 15) is 47.1 Å². The Hall–Kier alpha value is -7.17. The maximum atomic E-state index is 13.6. The number of pyridine rings is 1. The van der Waals surface area contributed by atoms with Crippen LogP contribution < -0.4 is 20.1 Å². The van der Waals surface area contributed by atoms with Gasteiger partial charge in [0.05, 0.1) is 30.2 Å². The van der Waals surface area contributed by atoms with Gasteiger partial charge in [0.2, 0.25) is 24.0 Å². The number of aliphatic hydroxyl groups is 1. The molecule has 3 N–H and O–H groups in total. The first-order chi connectivity index (χ1) is 35.4. The van der Waals surface area contributed by atoms with Crippen LogP contribution in [0.1, 0.15) is 79.8 Å². The topological polar surface area (TPSA) is 261 Å². The average molecular weight is 1040 g/mol. The van der Waals surface area contributed by atoms with Crippen LogP contribution in [0.5, 0.6) is 11.5 Å². The third kappa shape index (κ3) is 18.1. The van der Waals surface area contributed by atoms with E-state index in [2.05, 4.69) is 15.6 Å². The number of rotatable bonds is 24. The lowest BCUT2D eigenvalue weighted by Gasteiger charge is -2.32. The molecule has 4 heterocycles. The Morgan fingerprint density at radius 2 is 1.76 bits per heavy atom. The van der Waals surface area contributed by atoms with Gasteiger partial charge in [-0.05, 0) is 92.1 Å². The second-order valence-electron chi connectivity index (χ2n) is 18.6. The Bertz CT molecular complexity index is 2610. The number of imide groups is 1. The summed E-state index contributed by atoms with van der Waals surface area (Å²) in [6, 6.07) is 14.8. The number of amides is 7. The van der Waals surface area contributed by atoms with Crippen molar-refractivity contribution in [2.75, 3.05) is 70.4 Å². The summed E-state index contributed by atoms with van der Waals surface area (Å²) in [6.45, 7) is 1.91. The van der Waals surface area contributed by atoms with E-state index in [1.54, 1.807) is 60.6 Å². The zero-order valence-corrected chi connectivity index (χ0v) is 42.7. The molecule has 3 aliphatic heterocycles. The van der Waals surface area contributed by atoms with Gasteiger partial charge < -0.3 is 44.5 Å². The second-order valence-corrected chi connectivity index (χ2v) is 20.8. The van der Waals surface area contributed by atoms with E-state index in [1.165, 1.54) is 25.3 Å². The molecule has 3 aliphatic rings. The van der Waals surface area contributed by atoms with E-state index >= 15 is 0 Å². The van der Waals surface area contributed by atoms with Gasteiger partial charge in [0.15, 0.2) is 6.73 Å². The molecule has 2 saturated heterocycles. The van der Waals surface area contributed by atoms with E-state index in [0.29, 0.717) is 43.1 Å². The van der Waals surface area contributed by atoms with Crippen molar-refractivity contribution in [3.8, 4) is 11.5 Å². The summed E-state index contributed by atoms with van der Waals surface area (Å²) in [5.74, 6) is -2.05. The summed E-state index contributed by atoms with van der Waals surface area (Å²) in [5, 5.41) is 16.0. The number of carbonyl (C=O) groups is 7. The van der Waals surface area contributed by atoms with Gasteiger partial charge in [-0.15, -0.1) is 0 Å². The van der Waals surface area contributed by atoms with E-state index in [4.69, 9.17) is 18.9 Å². The predicted molar refractivity (Wildman–Crippen MR) is 271 cm³/mol. The second kappa shape index (κ2) is 27.2. The number of sulfone groups is 1. The smallest absolute Gasteiger partial charge is 0.412 e. The normalized spacial score (nSPS) is 18.0. The van der Waals surface area contributed by atoms with Gasteiger partial charge in [-0.3, -0.25) is 43.6 Å². The SMILES string of the molecule is CC1CC(O)CC(Oc2ccc(COC(=O)N(CCS(C)(=O)=O)COc3cccc(C(=O)N4CCC(CCCCNC(=O)/C=C/c5cccnc5)CC4)c3)cc2NC(=O)CN(C)C(=O)CCN2C(=O)C=CC2=O)O1. The number of likely N-dealkylation sites (tertiary alicyclic amines) is 1. The van der Waals surface area contributed by atoms with Crippen LogP contribution in [0.4, 0.5) is 10.5 Å². The van der Waals surface area contributed by atoms with Gasteiger partial charge in [0.1, 0.15) is 27.9 Å². The molecule has 1 aromatic heterocycles. The lowest BCUT2D eigenvalue weighted by Crippen LogP contribution is -2.39. The monoisotopic (exact) mass is 1040 g/mol. The standard InChI is InChI=1S/C52H65N7O14S/c1-36-28-41(60)31-50(72-36)73-44-14-12-39(29-43(44)55-46(62)33-56(2)47(63)20-25-59-48(64)16-17-49(59)65)34-70-52(67)58(26-27-74(3,68)69)35-71-42-11-6-10-40(30-42)51(66)57-23-18-37(19-24-57)8-4-5-22-54-45(61)15-13-38-9-7-21-53-32-38/h6-7,9-17,21,29-30,32,36-37,41,50,60H,4-5,8,18-20,22-28,31,33-35H2,1-3H3,(H,54,61)(H,55,62)/b15-13+. The maximum absolute atomic E-state index is 13.6. The van der Waals surface area contributed by atoms with E-state index < -0.39 is 71.0 Å². The van der Waals surface area contributed by atoms with Gasteiger partial charge in [-0.2, -0.15) is 0 Å². The molecule has 398 valence electrons. The van der Waals surface area contributed by atoms with Crippen molar-refractivity contribution < 1.29 is 66.0 Å². The molecule has 3 atom stereocenters. The summed E-state index contributed by atoms with van der Waals surface area (Å²) in [4.78, 5) is 98.4. The van der Waals surface area contributed by atoms with E-state index in [1.807, 2.05) is 12.1 Å². The minimum Gasteiger partial charge on any atom is -0.473 e. The zero-order valence-electron chi connectivity index (χ0n) is 41.9. The first kappa shape index (κ1) is 56.1. The number of nitrogens with one attached hydrogen (secondary N) is 2. The van der Waals surface area contributed by atoms with E-state index in [-0.39, 0.29) is 67.6 Å². The number of carbonyl (C=O) groups excluding carboxylic acids is 7. The molecule has 2 fully saturated rings. The lowest BCUT2D eigenvalue weighted by atomic mass is 9.91. The minimum absolute atomic E-state index is 0.122. The highest BCUT2D eigenvalue weighted by Gasteiger charge is 2.30. The van der Waals surface area contributed by atoms with Gasteiger partial charge in [-0.1, -0.05) is 31.0 Å². The molecule has 21 nitrogen and oxygen atoms in total. The van der Waals surface area contributed by atoms with Crippen molar-refractivity contribution in [3.05, 3.63) is 102 Å². The molecule has 6 rings (SSSR count). The molecule has 7 amide bonds. The van der Waals surface area contributed by atoms with Gasteiger partial charge in [0, 0.05) is 95.1 Å². The van der Waals surface area contributed by atoms with Crippen LogP contribution in [-0.2, 0) is 49.9 Å². The van der Waals surface area contributed by atoms with Crippen molar-refractivity contribution in [1.82, 2.24) is 29.9 Å². The van der Waals surface area contributed by atoms with Crippen molar-refractivity contribution in [1.29, 1.82) is 0 Å². The number of likely N-dealkylation sites (N-methyl/N-ethyl adjacent to an activating group) is 1. The number of piperidine rings is 1. The van der Waals surface area contributed by atoms with Gasteiger partial charge >= 0.3 is 6.09 Å². The third-order valence-electron chi connectivity index (χ3n) is 12.5. The molecule has 0 saturated carbocycles. The van der Waals surface area contributed by atoms with Crippen LogP contribution >= 0.6 is 0 Å². The number of aromatic nitrogens is 1. The summed E-state index contributed by atoms with van der Waals surface area (Å²) >= 11 is 0. The molecule has 74 heavy (non-hydrogen) atoms. The molecular formula is C52H65N7O14S. The van der Waals surface area contributed by atoms with Crippen molar-refractivity contribution >= 4 is 63.1 Å². The van der Waals surface area contributed by atoms with Crippen LogP contribution in [0.3, 0.4) is 0 Å². The fraction of sp³-hybridized carbons (Fsp3) is 0.462. The Balaban J connectivity index is 1.01. The molecule has 0 bridgehead atoms. The van der Waals surface area contributed by atoms with Crippen LogP contribution in [0.2, 0.25) is 0 Å². The Morgan fingerprint density at radius 1 is 0.986 bits per heavy atom. The number of ether oxygens (including phenoxy) is 4. The lowest BCUT2D eigenvalue weighted by molar-refractivity contribution is -0.169. The molecule has 0 aliphatic carbocycles. The molecule has 0 radical (unpaired) electrons. The highest BCUT2D eigenvalue weighted by Crippen LogP contribution is 2.31. The average Bonchev–Trinajstić information content (AvgIpc) is 3.69. The molecule has 2 aromatic carbocycles. The number of anilines is 1. The minimum atomic E-state index is -3.54. The number of unbranched alkanes of at least 4 members (excludes halogenated alkanes) is 1. The molecule has 3 unspecified atom stereocenters. The highest BCUT2D eigenvalue weighted by atomic mass is 32.2. The Morgan fingerprint density at radius 3 is 2.47 bits per heavy atom. The number of hydrogen-bond donors (Lipinski definition) is 3. The quantitative estimate of drug-likeness (QED) is 0.0497. The molecule has 22 heteroatoms. The maximum Gasteiger partial charge on any atom is 0.412 e. The summed E-state index contributed by atoms with van der Waals surface area (Å²) < 4.78 is 47.9. The summed E-state index contributed by atoms with van der Waals surface area (Å²) in [7, 11) is -2.15. The Kier molecular flexibility index (Phi) is 20.6. The summed E-state index contributed by atoms with van der Waals surface area (Å²) in [5.41, 5.74) is 1.74. The number of hydrogen-bond acceptors (Lipinski definition) is 15. The van der Waals surface area contributed by atoms with Crippen molar-refractivity contribution in [3.63, 3.8) is 0 Å². The largest absolute Gasteiger partial charge is 0.473 e. The van der Waals surface area contributed by atoms with Crippen LogP contribution in [-0.4, -0.2) is 163 Å². The summed E-state index contributed by atoms with van der Waals surface area (Å²) in [6.07, 6.45) is 11.9. The predicted octanol–water partition coefficient (Wildman–Crippen LogP) is 3.93. The van der Waals surface area contributed by atoms with Crippen LogP contribution in [0.15, 0.2) is 85.2 Å². The van der Waals surface area contributed by atoms with Crippen LogP contribution in [0, 0.1) is 5.92 Å².